The second-order valence-electron chi connectivity index (χ2n) is 5.20. The highest BCUT2D eigenvalue weighted by atomic mass is 32.2. The number of hydrogen-bond acceptors (Lipinski definition) is 5. The van der Waals surface area contributed by atoms with Crippen LogP contribution in [0, 0.1) is 0 Å². The molecule has 0 aliphatic heterocycles. The fourth-order valence-corrected chi connectivity index (χ4v) is 3.17. The Balaban J connectivity index is 1.88. The van der Waals surface area contributed by atoms with E-state index in [1.807, 2.05) is 42.5 Å². The molecule has 6 nitrogen and oxygen atoms in total. The summed E-state index contributed by atoms with van der Waals surface area (Å²) in [5.41, 5.74) is -0.197. The number of hydrogen-bond donors (Lipinski definition) is 3. The van der Waals surface area contributed by atoms with Crippen LogP contribution in [-0.4, -0.2) is 33.6 Å². The largest absolute Gasteiger partial charge is 0.505 e. The van der Waals surface area contributed by atoms with Crippen LogP contribution in [0.15, 0.2) is 64.5 Å². The number of carboxylic acids is 1. The summed E-state index contributed by atoms with van der Waals surface area (Å²) < 4.78 is 0. The lowest BCUT2D eigenvalue weighted by atomic mass is 10.1. The molecule has 2 aromatic carbocycles. The molecule has 1 amide bonds. The summed E-state index contributed by atoms with van der Waals surface area (Å²) in [5.74, 6) is -2.17. The van der Waals surface area contributed by atoms with Crippen molar-refractivity contribution in [2.24, 2.45) is 0 Å². The Kier molecular flexibility index (Phi) is 4.85. The molecule has 0 fully saturated rings. The number of carboxylic acid groups (broad SMARTS) is 1. The van der Waals surface area contributed by atoms with Crippen LogP contribution in [0.2, 0.25) is 0 Å². The number of fused-ring (bicyclic) bond motifs is 1. The lowest BCUT2D eigenvalue weighted by Crippen LogP contribution is -2.29. The smallest absolute Gasteiger partial charge is 0.322 e. The monoisotopic (exact) mass is 354 g/mol. The van der Waals surface area contributed by atoms with Gasteiger partial charge in [0.25, 0.3) is 5.91 Å². The summed E-state index contributed by atoms with van der Waals surface area (Å²) in [6.45, 7) is -0.537. The van der Waals surface area contributed by atoms with Gasteiger partial charge in [-0.05, 0) is 30.3 Å². The van der Waals surface area contributed by atoms with E-state index in [9.17, 15) is 14.7 Å². The Bertz CT molecular complexity index is 944. The van der Waals surface area contributed by atoms with Crippen molar-refractivity contribution in [1.82, 2.24) is 10.3 Å². The molecule has 0 aliphatic rings. The van der Waals surface area contributed by atoms with Crippen LogP contribution < -0.4 is 5.32 Å². The topological polar surface area (TPSA) is 99.5 Å². The van der Waals surface area contributed by atoms with E-state index in [2.05, 4.69) is 10.3 Å². The van der Waals surface area contributed by atoms with Gasteiger partial charge in [0.15, 0.2) is 11.4 Å². The van der Waals surface area contributed by atoms with Crippen LogP contribution in [0.3, 0.4) is 0 Å². The standard InChI is InChI=1S/C18H14N2O4S/c21-15(22)10-20-18(24)16-17(23)14-7-6-13(8-11(14)9-19-16)25-12-4-2-1-3-5-12/h1-9,23H,10H2,(H,20,24)(H,21,22). The molecule has 126 valence electrons. The Morgan fingerprint density at radius 3 is 2.56 bits per heavy atom. The van der Waals surface area contributed by atoms with Gasteiger partial charge in [-0.3, -0.25) is 9.59 Å². The first-order chi connectivity index (χ1) is 12.0. The van der Waals surface area contributed by atoms with E-state index in [-0.39, 0.29) is 11.4 Å². The first kappa shape index (κ1) is 16.8. The summed E-state index contributed by atoms with van der Waals surface area (Å²) >= 11 is 1.58. The zero-order chi connectivity index (χ0) is 17.8. The van der Waals surface area contributed by atoms with Crippen LogP contribution in [0.25, 0.3) is 10.8 Å². The number of aromatic hydroxyl groups is 1. The maximum atomic E-state index is 11.9. The van der Waals surface area contributed by atoms with Gasteiger partial charge in [-0.2, -0.15) is 0 Å². The molecule has 0 aliphatic carbocycles. The van der Waals surface area contributed by atoms with Gasteiger partial charge in [-0.25, -0.2) is 4.98 Å². The third-order valence-corrected chi connectivity index (χ3v) is 4.43. The highest BCUT2D eigenvalue weighted by molar-refractivity contribution is 7.99. The van der Waals surface area contributed by atoms with Crippen molar-refractivity contribution in [3.05, 3.63) is 60.4 Å². The Morgan fingerprint density at radius 2 is 1.84 bits per heavy atom. The summed E-state index contributed by atoms with van der Waals surface area (Å²) in [7, 11) is 0. The molecule has 3 rings (SSSR count). The molecule has 1 aromatic heterocycles. The number of amides is 1. The van der Waals surface area contributed by atoms with Crippen molar-refractivity contribution >= 4 is 34.4 Å². The van der Waals surface area contributed by atoms with Crippen LogP contribution in [0.5, 0.6) is 5.75 Å². The number of aliphatic carboxylic acids is 1. The van der Waals surface area contributed by atoms with Crippen molar-refractivity contribution in [1.29, 1.82) is 0 Å². The van der Waals surface area contributed by atoms with E-state index in [4.69, 9.17) is 5.11 Å². The molecule has 0 atom stereocenters. The predicted octanol–water partition coefficient (Wildman–Crippen LogP) is 2.91. The van der Waals surface area contributed by atoms with Gasteiger partial charge >= 0.3 is 5.97 Å². The second kappa shape index (κ2) is 7.23. The molecule has 0 saturated carbocycles. The number of nitrogens with zero attached hydrogens (tertiary/aromatic N) is 1. The minimum absolute atomic E-state index is 0.197. The van der Waals surface area contributed by atoms with Crippen LogP contribution in [-0.2, 0) is 4.79 Å². The number of aromatic nitrogens is 1. The van der Waals surface area contributed by atoms with Crippen molar-refractivity contribution < 1.29 is 19.8 Å². The molecule has 3 N–H and O–H groups in total. The number of rotatable bonds is 5. The number of nitrogens with one attached hydrogen (secondary N) is 1. The molecule has 3 aromatic rings. The van der Waals surface area contributed by atoms with Gasteiger partial charge in [-0.15, -0.1) is 0 Å². The number of carbonyl (C=O) groups excluding carboxylic acids is 1. The van der Waals surface area contributed by atoms with E-state index in [0.717, 1.165) is 9.79 Å². The average Bonchev–Trinajstić information content (AvgIpc) is 2.61. The number of benzene rings is 2. The Morgan fingerprint density at radius 1 is 1.08 bits per heavy atom. The van der Waals surface area contributed by atoms with Gasteiger partial charge in [0, 0.05) is 26.8 Å². The van der Waals surface area contributed by atoms with Crippen molar-refractivity contribution in [2.45, 2.75) is 9.79 Å². The van der Waals surface area contributed by atoms with Crippen molar-refractivity contribution in [3.8, 4) is 5.75 Å². The molecule has 0 bridgehead atoms. The minimum atomic E-state index is -1.17. The van der Waals surface area contributed by atoms with E-state index in [0.29, 0.717) is 10.8 Å². The van der Waals surface area contributed by atoms with E-state index >= 15 is 0 Å². The summed E-state index contributed by atoms with van der Waals surface area (Å²) in [6.07, 6.45) is 1.49. The highest BCUT2D eigenvalue weighted by Gasteiger charge is 2.16. The maximum absolute atomic E-state index is 11.9. The summed E-state index contributed by atoms with van der Waals surface area (Å²) in [6, 6.07) is 15.3. The molecule has 0 saturated heterocycles. The van der Waals surface area contributed by atoms with E-state index in [1.54, 1.807) is 17.8 Å². The number of carbonyl (C=O) groups is 2. The molecule has 0 spiro atoms. The number of pyridine rings is 1. The quantitative estimate of drug-likeness (QED) is 0.651. The maximum Gasteiger partial charge on any atom is 0.322 e. The minimum Gasteiger partial charge on any atom is -0.505 e. The molecule has 7 heteroatoms. The van der Waals surface area contributed by atoms with Gasteiger partial charge in [0.05, 0.1) is 0 Å². The molecular formula is C18H14N2O4S. The highest BCUT2D eigenvalue weighted by Crippen LogP contribution is 2.33. The summed E-state index contributed by atoms with van der Waals surface area (Å²) in [5, 5.41) is 22.2. The third-order valence-electron chi connectivity index (χ3n) is 3.43. The Hall–Kier alpha value is -3.06. The third kappa shape index (κ3) is 3.89. The first-order valence-corrected chi connectivity index (χ1v) is 8.21. The van der Waals surface area contributed by atoms with E-state index < -0.39 is 18.4 Å². The molecule has 25 heavy (non-hydrogen) atoms. The fourth-order valence-electron chi connectivity index (χ4n) is 2.28. The molecule has 0 unspecified atom stereocenters. The Labute approximate surface area is 147 Å². The average molecular weight is 354 g/mol. The summed E-state index contributed by atoms with van der Waals surface area (Å²) in [4.78, 5) is 28.5. The van der Waals surface area contributed by atoms with Gasteiger partial charge in [-0.1, -0.05) is 30.0 Å². The normalized spacial score (nSPS) is 10.6. The van der Waals surface area contributed by atoms with Crippen molar-refractivity contribution in [2.75, 3.05) is 6.54 Å². The fraction of sp³-hybridized carbons (Fsp3) is 0.0556. The molecular weight excluding hydrogens is 340 g/mol. The lowest BCUT2D eigenvalue weighted by Gasteiger charge is -2.08. The van der Waals surface area contributed by atoms with E-state index in [1.165, 1.54) is 6.20 Å². The zero-order valence-corrected chi connectivity index (χ0v) is 13.8. The van der Waals surface area contributed by atoms with Crippen LogP contribution in [0.4, 0.5) is 0 Å². The first-order valence-electron chi connectivity index (χ1n) is 7.39. The second-order valence-corrected chi connectivity index (χ2v) is 6.34. The van der Waals surface area contributed by atoms with Gasteiger partial charge < -0.3 is 15.5 Å². The molecule has 0 radical (unpaired) electrons. The predicted molar refractivity (Wildman–Crippen MR) is 93.9 cm³/mol. The molecule has 1 heterocycles. The SMILES string of the molecule is O=C(O)CNC(=O)c1ncc2cc(Sc3ccccc3)ccc2c1O. The van der Waals surface area contributed by atoms with Gasteiger partial charge in [0.1, 0.15) is 6.54 Å². The van der Waals surface area contributed by atoms with Crippen molar-refractivity contribution in [3.63, 3.8) is 0 Å². The van der Waals surface area contributed by atoms with Crippen LogP contribution in [0.1, 0.15) is 10.5 Å². The van der Waals surface area contributed by atoms with Crippen LogP contribution >= 0.6 is 11.8 Å². The van der Waals surface area contributed by atoms with Gasteiger partial charge in [0.2, 0.25) is 0 Å². The lowest BCUT2D eigenvalue weighted by molar-refractivity contribution is -0.135. The zero-order valence-electron chi connectivity index (χ0n) is 13.0.